The van der Waals surface area contributed by atoms with E-state index in [2.05, 4.69) is 10.1 Å². The van der Waals surface area contributed by atoms with Crippen LogP contribution in [0.5, 0.6) is 5.75 Å². The molecule has 0 aromatic heterocycles. The van der Waals surface area contributed by atoms with E-state index < -0.39 is 6.61 Å². The van der Waals surface area contributed by atoms with Gasteiger partial charge in [-0.1, -0.05) is 18.2 Å². The summed E-state index contributed by atoms with van der Waals surface area (Å²) in [6, 6.07) is 6.53. The number of nitrogens with one attached hydrogen (secondary N) is 1. The quantitative estimate of drug-likeness (QED) is 0.923. The minimum Gasteiger partial charge on any atom is -0.435 e. The highest BCUT2D eigenvalue weighted by Crippen LogP contribution is 2.21. The molecule has 118 valence electrons. The van der Waals surface area contributed by atoms with Crippen LogP contribution in [-0.2, 0) is 11.2 Å². The largest absolute Gasteiger partial charge is 0.435 e. The highest BCUT2D eigenvalue weighted by molar-refractivity contribution is 5.85. The van der Waals surface area contributed by atoms with E-state index in [0.29, 0.717) is 12.1 Å². The molecule has 0 radical (unpaired) electrons. The zero-order valence-corrected chi connectivity index (χ0v) is 12.5. The molecular formula is C14H19ClF2N2O2. The van der Waals surface area contributed by atoms with E-state index in [1.807, 2.05) is 6.92 Å². The summed E-state index contributed by atoms with van der Waals surface area (Å²) in [5, 5.41) is 3.20. The molecule has 0 unspecified atom stereocenters. The van der Waals surface area contributed by atoms with Gasteiger partial charge in [0, 0.05) is 31.2 Å². The lowest BCUT2D eigenvalue weighted by molar-refractivity contribution is -0.133. The molecule has 0 saturated carbocycles. The molecular weight excluding hydrogens is 302 g/mol. The molecule has 0 bridgehead atoms. The number of ether oxygens (including phenoxy) is 1. The van der Waals surface area contributed by atoms with Crippen LogP contribution in [0, 0.1) is 0 Å². The van der Waals surface area contributed by atoms with Crippen molar-refractivity contribution in [3.05, 3.63) is 29.8 Å². The number of piperazine rings is 1. The average Bonchev–Trinajstić information content (AvgIpc) is 2.41. The fourth-order valence-corrected chi connectivity index (χ4v) is 2.34. The Morgan fingerprint density at radius 2 is 2.19 bits per heavy atom. The maximum atomic E-state index is 12.3. The molecule has 1 aromatic rings. The number of hydrogen-bond donors (Lipinski definition) is 1. The highest BCUT2D eigenvalue weighted by Gasteiger charge is 2.24. The zero-order chi connectivity index (χ0) is 14.5. The summed E-state index contributed by atoms with van der Waals surface area (Å²) in [5.74, 6) is 0.00274. The van der Waals surface area contributed by atoms with Crippen molar-refractivity contribution in [2.45, 2.75) is 26.0 Å². The number of amides is 1. The van der Waals surface area contributed by atoms with Gasteiger partial charge in [-0.2, -0.15) is 8.78 Å². The molecule has 1 amide bonds. The lowest BCUT2D eigenvalue weighted by atomic mass is 10.1. The maximum Gasteiger partial charge on any atom is 0.387 e. The summed E-state index contributed by atoms with van der Waals surface area (Å²) < 4.78 is 29.1. The van der Waals surface area contributed by atoms with E-state index in [1.165, 1.54) is 6.07 Å². The molecule has 1 saturated heterocycles. The average molecular weight is 321 g/mol. The van der Waals surface area contributed by atoms with Gasteiger partial charge in [-0.15, -0.1) is 12.4 Å². The van der Waals surface area contributed by atoms with Gasteiger partial charge < -0.3 is 15.0 Å². The predicted molar refractivity (Wildman–Crippen MR) is 78.1 cm³/mol. The molecule has 1 aliphatic heterocycles. The first-order chi connectivity index (χ1) is 9.58. The van der Waals surface area contributed by atoms with Gasteiger partial charge in [-0.3, -0.25) is 4.79 Å². The van der Waals surface area contributed by atoms with Crippen LogP contribution in [0.3, 0.4) is 0 Å². The Morgan fingerprint density at radius 3 is 2.86 bits per heavy atom. The van der Waals surface area contributed by atoms with Gasteiger partial charge in [0.2, 0.25) is 5.91 Å². The minimum atomic E-state index is -2.88. The Balaban J connectivity index is 0.00000220. The van der Waals surface area contributed by atoms with E-state index in [-0.39, 0.29) is 36.5 Å². The number of benzene rings is 1. The van der Waals surface area contributed by atoms with Crippen LogP contribution in [0.25, 0.3) is 0 Å². The van der Waals surface area contributed by atoms with Crippen LogP contribution < -0.4 is 10.1 Å². The molecule has 4 nitrogen and oxygen atoms in total. The normalized spacial score (nSPS) is 18.3. The maximum absolute atomic E-state index is 12.3. The Kier molecular flexibility index (Phi) is 6.84. The summed E-state index contributed by atoms with van der Waals surface area (Å²) in [5.41, 5.74) is 0.489. The number of para-hydroxylation sites is 1. The van der Waals surface area contributed by atoms with E-state index in [0.717, 1.165) is 13.1 Å². The Bertz CT molecular complexity index is 474. The third-order valence-corrected chi connectivity index (χ3v) is 3.35. The van der Waals surface area contributed by atoms with Crippen LogP contribution in [0.15, 0.2) is 24.3 Å². The lowest BCUT2D eigenvalue weighted by Crippen LogP contribution is -2.52. The van der Waals surface area contributed by atoms with Gasteiger partial charge in [-0.25, -0.2) is 0 Å². The summed E-state index contributed by atoms with van der Waals surface area (Å²) in [6.07, 6.45) is 0.0766. The van der Waals surface area contributed by atoms with Crippen LogP contribution in [0.1, 0.15) is 12.5 Å². The van der Waals surface area contributed by atoms with Crippen LogP contribution >= 0.6 is 12.4 Å². The van der Waals surface area contributed by atoms with Crippen molar-refractivity contribution in [3.63, 3.8) is 0 Å². The first-order valence-electron chi connectivity index (χ1n) is 6.61. The SMILES string of the molecule is C[C@@H]1CNCCN1C(=O)Cc1ccccc1OC(F)F.Cl. The third-order valence-electron chi connectivity index (χ3n) is 3.35. The Labute approximate surface area is 128 Å². The van der Waals surface area contributed by atoms with Crippen LogP contribution in [0.4, 0.5) is 8.78 Å². The zero-order valence-electron chi connectivity index (χ0n) is 11.7. The number of nitrogens with zero attached hydrogens (tertiary/aromatic N) is 1. The molecule has 0 spiro atoms. The monoisotopic (exact) mass is 320 g/mol. The number of rotatable bonds is 4. The van der Waals surface area contributed by atoms with Crippen molar-refractivity contribution in [1.29, 1.82) is 0 Å². The first kappa shape index (κ1) is 17.7. The number of halogens is 3. The van der Waals surface area contributed by atoms with Crippen molar-refractivity contribution in [3.8, 4) is 5.75 Å². The number of alkyl halides is 2. The van der Waals surface area contributed by atoms with Gasteiger partial charge in [0.25, 0.3) is 0 Å². The number of carbonyl (C=O) groups is 1. The third kappa shape index (κ3) is 4.82. The van der Waals surface area contributed by atoms with E-state index in [4.69, 9.17) is 0 Å². The van der Waals surface area contributed by atoms with E-state index >= 15 is 0 Å². The minimum absolute atomic E-state index is 0. The van der Waals surface area contributed by atoms with Gasteiger partial charge in [-0.05, 0) is 13.0 Å². The van der Waals surface area contributed by atoms with Crippen LogP contribution in [0.2, 0.25) is 0 Å². The number of carbonyl (C=O) groups excluding carboxylic acids is 1. The summed E-state index contributed by atoms with van der Waals surface area (Å²) in [6.45, 7) is 1.22. The van der Waals surface area contributed by atoms with Crippen LogP contribution in [-0.4, -0.2) is 43.1 Å². The van der Waals surface area contributed by atoms with Crippen molar-refractivity contribution < 1.29 is 18.3 Å². The Hall–Kier alpha value is -1.40. The first-order valence-corrected chi connectivity index (χ1v) is 6.61. The second-order valence-corrected chi connectivity index (χ2v) is 4.80. The second kappa shape index (κ2) is 8.14. The van der Waals surface area contributed by atoms with Gasteiger partial charge in [0.1, 0.15) is 5.75 Å². The Morgan fingerprint density at radius 1 is 1.48 bits per heavy atom. The van der Waals surface area contributed by atoms with E-state index in [9.17, 15) is 13.6 Å². The fraction of sp³-hybridized carbons (Fsp3) is 0.500. The number of hydrogen-bond acceptors (Lipinski definition) is 3. The standard InChI is InChI=1S/C14H18F2N2O2.ClH/c1-10-9-17-6-7-18(10)13(19)8-11-4-2-3-5-12(11)20-14(15)16;/h2-5,10,14,17H,6-9H2,1H3;1H/t10-;/m1./s1. The smallest absolute Gasteiger partial charge is 0.387 e. The molecule has 1 heterocycles. The molecule has 0 aliphatic carbocycles. The molecule has 7 heteroatoms. The molecule has 21 heavy (non-hydrogen) atoms. The molecule has 1 N–H and O–H groups in total. The molecule has 1 atom stereocenters. The molecule has 1 aromatic carbocycles. The summed E-state index contributed by atoms with van der Waals surface area (Å²) >= 11 is 0. The molecule has 1 aliphatic rings. The predicted octanol–water partition coefficient (Wildman–Crippen LogP) is 2.07. The lowest BCUT2D eigenvalue weighted by Gasteiger charge is -2.34. The van der Waals surface area contributed by atoms with Gasteiger partial charge in [0.05, 0.1) is 6.42 Å². The van der Waals surface area contributed by atoms with Crippen molar-refractivity contribution in [1.82, 2.24) is 10.2 Å². The van der Waals surface area contributed by atoms with Crippen molar-refractivity contribution in [2.75, 3.05) is 19.6 Å². The van der Waals surface area contributed by atoms with Crippen molar-refractivity contribution in [2.24, 2.45) is 0 Å². The fourth-order valence-electron chi connectivity index (χ4n) is 2.34. The van der Waals surface area contributed by atoms with Crippen molar-refractivity contribution >= 4 is 18.3 Å². The summed E-state index contributed by atoms with van der Waals surface area (Å²) in [7, 11) is 0. The van der Waals surface area contributed by atoms with Gasteiger partial charge >= 0.3 is 6.61 Å². The topological polar surface area (TPSA) is 41.6 Å². The second-order valence-electron chi connectivity index (χ2n) is 4.80. The van der Waals surface area contributed by atoms with E-state index in [1.54, 1.807) is 23.1 Å². The summed E-state index contributed by atoms with van der Waals surface area (Å²) in [4.78, 5) is 14.0. The molecule has 1 fully saturated rings. The van der Waals surface area contributed by atoms with Gasteiger partial charge in [0.15, 0.2) is 0 Å². The molecule has 2 rings (SSSR count). The highest BCUT2D eigenvalue weighted by atomic mass is 35.5.